The van der Waals surface area contributed by atoms with Crippen LogP contribution in [0, 0.1) is 0 Å². The van der Waals surface area contributed by atoms with Crippen LogP contribution in [-0.4, -0.2) is 119 Å². The number of hydrogen-bond acceptors (Lipinski definition) is 14. The van der Waals surface area contributed by atoms with Gasteiger partial charge >= 0.3 is 17.9 Å². The first-order valence-corrected chi connectivity index (χ1v) is 17.4. The minimum atomic E-state index is -1.79. The number of hydrogen-bond donors (Lipinski definition) is 4. The monoisotopic (exact) mass is 688 g/mol. The molecule has 2 bridgehead atoms. The lowest BCUT2D eigenvalue weighted by Crippen LogP contribution is -2.65. The van der Waals surface area contributed by atoms with Crippen molar-refractivity contribution in [1.82, 2.24) is 0 Å². The van der Waals surface area contributed by atoms with E-state index in [9.17, 15) is 34.8 Å². The topological polar surface area (TPSA) is 197 Å². The van der Waals surface area contributed by atoms with Gasteiger partial charge in [0.05, 0.1) is 6.10 Å². The number of rotatable bonds is 4. The highest BCUT2D eigenvalue weighted by Crippen LogP contribution is 2.32. The van der Waals surface area contributed by atoms with Gasteiger partial charge in [0, 0.05) is 20.3 Å². The first-order chi connectivity index (χ1) is 23.0. The molecule has 2 fully saturated rings. The molecule has 4 aliphatic heterocycles. The zero-order chi connectivity index (χ0) is 35.1. The van der Waals surface area contributed by atoms with Crippen LogP contribution in [-0.2, 0) is 47.5 Å². The van der Waals surface area contributed by atoms with Gasteiger partial charge in [0.25, 0.3) is 0 Å². The SMILES string of the molecule is CC(=O)OCC1O[C@H]2OC(C)CCCCCC/C=C\CCCCCCCC(=O)O[C@@H]3C(COC(C)=O)O[C@@H](O[C@H]2C(O)[C@@H]1O)C(O)C3O. The predicted octanol–water partition coefficient (Wildman–Crippen LogP) is 2.35. The summed E-state index contributed by atoms with van der Waals surface area (Å²) in [6, 6.07) is 0. The van der Waals surface area contributed by atoms with Crippen LogP contribution in [0.1, 0.15) is 104 Å². The van der Waals surface area contributed by atoms with Gasteiger partial charge in [-0.3, -0.25) is 14.4 Å². The first kappa shape index (κ1) is 40.3. The maximum atomic E-state index is 12.7. The van der Waals surface area contributed by atoms with Crippen molar-refractivity contribution in [3.8, 4) is 0 Å². The third-order valence-corrected chi connectivity index (χ3v) is 8.76. The average Bonchev–Trinajstić information content (AvgIpc) is 3.03. The van der Waals surface area contributed by atoms with Gasteiger partial charge in [0.1, 0.15) is 55.9 Å². The molecule has 0 spiro atoms. The molecule has 4 aliphatic rings. The summed E-state index contributed by atoms with van der Waals surface area (Å²) in [5.41, 5.74) is 0. The largest absolute Gasteiger partial charge is 0.463 e. The van der Waals surface area contributed by atoms with Crippen LogP contribution in [0.2, 0.25) is 0 Å². The fraction of sp³-hybridized carbons (Fsp3) is 0.853. The van der Waals surface area contributed by atoms with Gasteiger partial charge in [0.15, 0.2) is 18.7 Å². The molecule has 6 unspecified atom stereocenters. The highest BCUT2D eigenvalue weighted by molar-refractivity contribution is 5.69. The minimum absolute atomic E-state index is 0.0919. The Hall–Kier alpha value is -2.17. The molecular formula is C34H56O14. The Balaban J connectivity index is 1.81. The summed E-state index contributed by atoms with van der Waals surface area (Å²) in [6.07, 6.45) is 0.483. The molecule has 4 heterocycles. The molecule has 0 aliphatic carbocycles. The molecule has 276 valence electrons. The molecule has 11 atom stereocenters. The van der Waals surface area contributed by atoms with Gasteiger partial charge in [-0.25, -0.2) is 0 Å². The highest BCUT2D eigenvalue weighted by atomic mass is 16.8. The normalized spacial score (nSPS) is 37.8. The van der Waals surface area contributed by atoms with E-state index in [2.05, 4.69) is 12.2 Å². The number of fused-ring (bicyclic) bond motifs is 19. The summed E-state index contributed by atoms with van der Waals surface area (Å²) in [6.45, 7) is 3.42. The van der Waals surface area contributed by atoms with E-state index in [0.29, 0.717) is 12.8 Å². The van der Waals surface area contributed by atoms with Crippen molar-refractivity contribution in [3.05, 3.63) is 12.2 Å². The fourth-order valence-corrected chi connectivity index (χ4v) is 6.00. The van der Waals surface area contributed by atoms with Crippen LogP contribution in [0.15, 0.2) is 12.2 Å². The summed E-state index contributed by atoms with van der Waals surface area (Å²) in [5, 5.41) is 44.2. The van der Waals surface area contributed by atoms with E-state index in [-0.39, 0.29) is 19.1 Å². The molecule has 2 saturated heterocycles. The van der Waals surface area contributed by atoms with E-state index in [0.717, 1.165) is 64.2 Å². The molecule has 0 aromatic carbocycles. The van der Waals surface area contributed by atoms with Gasteiger partial charge in [-0.1, -0.05) is 50.7 Å². The molecule has 48 heavy (non-hydrogen) atoms. The van der Waals surface area contributed by atoms with E-state index >= 15 is 0 Å². The number of carbonyl (C=O) groups is 3. The summed E-state index contributed by atoms with van der Waals surface area (Å²) in [5.74, 6) is -1.86. The summed E-state index contributed by atoms with van der Waals surface area (Å²) in [4.78, 5) is 35.8. The number of allylic oxidation sites excluding steroid dienone is 2. The molecule has 4 N–H and O–H groups in total. The van der Waals surface area contributed by atoms with Crippen LogP contribution >= 0.6 is 0 Å². The summed E-state index contributed by atoms with van der Waals surface area (Å²) < 4.78 is 39.6. The zero-order valence-electron chi connectivity index (χ0n) is 28.5. The van der Waals surface area contributed by atoms with E-state index in [1.807, 2.05) is 6.92 Å². The maximum Gasteiger partial charge on any atom is 0.306 e. The Morgan fingerprint density at radius 1 is 0.667 bits per heavy atom. The van der Waals surface area contributed by atoms with Crippen molar-refractivity contribution in [2.45, 2.75) is 172 Å². The third kappa shape index (κ3) is 13.3. The van der Waals surface area contributed by atoms with Crippen molar-refractivity contribution in [2.24, 2.45) is 0 Å². The average molecular weight is 689 g/mol. The van der Waals surface area contributed by atoms with Crippen molar-refractivity contribution >= 4 is 17.9 Å². The lowest BCUT2D eigenvalue weighted by Gasteiger charge is -2.47. The van der Waals surface area contributed by atoms with Gasteiger partial charge in [-0.15, -0.1) is 0 Å². The minimum Gasteiger partial charge on any atom is -0.463 e. The zero-order valence-corrected chi connectivity index (χ0v) is 28.5. The summed E-state index contributed by atoms with van der Waals surface area (Å²) >= 11 is 0. The molecule has 0 aromatic rings. The number of carbonyl (C=O) groups excluding carboxylic acids is 3. The Bertz CT molecular complexity index is 1010. The first-order valence-electron chi connectivity index (χ1n) is 17.4. The predicted molar refractivity (Wildman–Crippen MR) is 169 cm³/mol. The Morgan fingerprint density at radius 2 is 1.21 bits per heavy atom. The van der Waals surface area contributed by atoms with Crippen LogP contribution in [0.4, 0.5) is 0 Å². The van der Waals surface area contributed by atoms with E-state index in [1.54, 1.807) is 0 Å². The fourth-order valence-electron chi connectivity index (χ4n) is 6.00. The van der Waals surface area contributed by atoms with Gasteiger partial charge in [0.2, 0.25) is 0 Å². The molecule has 14 heteroatoms. The Kier molecular flexibility index (Phi) is 17.7. The van der Waals surface area contributed by atoms with Gasteiger partial charge < -0.3 is 53.6 Å². The van der Waals surface area contributed by atoms with Crippen molar-refractivity contribution in [2.75, 3.05) is 13.2 Å². The maximum absolute atomic E-state index is 12.7. The smallest absolute Gasteiger partial charge is 0.306 e. The second kappa shape index (κ2) is 21.1. The second-order valence-corrected chi connectivity index (χ2v) is 12.9. The van der Waals surface area contributed by atoms with Crippen LogP contribution in [0.5, 0.6) is 0 Å². The quantitative estimate of drug-likeness (QED) is 0.191. The number of ether oxygens (including phenoxy) is 7. The molecule has 14 nitrogen and oxygen atoms in total. The van der Waals surface area contributed by atoms with E-state index in [4.69, 9.17) is 33.2 Å². The molecule has 0 amide bonds. The van der Waals surface area contributed by atoms with Crippen LogP contribution < -0.4 is 0 Å². The Morgan fingerprint density at radius 3 is 1.85 bits per heavy atom. The lowest BCUT2D eigenvalue weighted by atomic mass is 9.97. The molecule has 0 saturated carbocycles. The van der Waals surface area contributed by atoms with Crippen molar-refractivity contribution in [1.29, 1.82) is 0 Å². The standard InChI is InChI=1S/C34H56O14/c1-21-17-15-13-11-9-7-5-4-6-8-10-12-14-16-18-26(37)47-31-25(20-43-23(3)36)46-33(30(41)29(31)40)48-32-28(39)27(38)24(19-42-22(2)35)45-34(32)44-21/h4-5,21,24-25,27-34,38-41H,6-20H2,1-3H3/b5-4-/t21?,24?,25?,27-,28?,29?,30?,31-,32+,33+,34-/m1/s1. The van der Waals surface area contributed by atoms with E-state index in [1.165, 1.54) is 13.8 Å². The molecular weight excluding hydrogens is 632 g/mol. The number of esters is 3. The van der Waals surface area contributed by atoms with Gasteiger partial charge in [-0.05, 0) is 45.4 Å². The third-order valence-electron chi connectivity index (χ3n) is 8.76. The summed E-state index contributed by atoms with van der Waals surface area (Å²) in [7, 11) is 0. The van der Waals surface area contributed by atoms with E-state index < -0.39 is 85.9 Å². The number of aliphatic hydroxyl groups is 4. The molecule has 0 aromatic heterocycles. The van der Waals surface area contributed by atoms with Crippen LogP contribution in [0.25, 0.3) is 0 Å². The lowest BCUT2D eigenvalue weighted by molar-refractivity contribution is -0.371. The number of aliphatic hydroxyl groups excluding tert-OH is 4. The Labute approximate surface area is 283 Å². The van der Waals surface area contributed by atoms with Crippen molar-refractivity contribution < 1.29 is 68.0 Å². The van der Waals surface area contributed by atoms with Gasteiger partial charge in [-0.2, -0.15) is 0 Å². The molecule has 4 rings (SSSR count). The second-order valence-electron chi connectivity index (χ2n) is 12.9. The van der Waals surface area contributed by atoms with Crippen LogP contribution in [0.3, 0.4) is 0 Å². The molecule has 0 radical (unpaired) electrons. The highest BCUT2D eigenvalue weighted by Gasteiger charge is 2.53. The van der Waals surface area contributed by atoms with Crippen molar-refractivity contribution in [3.63, 3.8) is 0 Å².